The predicted molar refractivity (Wildman–Crippen MR) is 82.3 cm³/mol. The molecule has 1 fully saturated rings. The molecule has 1 aromatic carbocycles. The molecule has 0 saturated carbocycles. The summed E-state index contributed by atoms with van der Waals surface area (Å²) in [6.45, 7) is 2.36. The van der Waals surface area contributed by atoms with Gasteiger partial charge in [-0.3, -0.25) is 0 Å². The maximum absolute atomic E-state index is 5.39. The van der Waals surface area contributed by atoms with Gasteiger partial charge in [0.1, 0.15) is 5.75 Å². The molecule has 3 nitrogen and oxygen atoms in total. The lowest BCUT2D eigenvalue weighted by Gasteiger charge is -2.29. The van der Waals surface area contributed by atoms with E-state index in [2.05, 4.69) is 35.5 Å². The molecule has 2 aliphatic rings. The first kappa shape index (κ1) is 13.9. The second-order valence-electron chi connectivity index (χ2n) is 6.19. The molecule has 110 valence electrons. The van der Waals surface area contributed by atoms with Gasteiger partial charge in [-0.2, -0.15) is 0 Å². The Morgan fingerprint density at radius 2 is 2.20 bits per heavy atom. The molecule has 1 aliphatic carbocycles. The van der Waals surface area contributed by atoms with E-state index in [9.17, 15) is 0 Å². The smallest absolute Gasteiger partial charge is 0.119 e. The van der Waals surface area contributed by atoms with Gasteiger partial charge in [0, 0.05) is 18.6 Å². The van der Waals surface area contributed by atoms with Gasteiger partial charge in [0.05, 0.1) is 7.11 Å². The molecular formula is C17H26N2O. The molecule has 1 saturated heterocycles. The summed E-state index contributed by atoms with van der Waals surface area (Å²) in [6.07, 6.45) is 6.42. The van der Waals surface area contributed by atoms with E-state index in [1.807, 2.05) is 0 Å². The summed E-state index contributed by atoms with van der Waals surface area (Å²) >= 11 is 0. The summed E-state index contributed by atoms with van der Waals surface area (Å²) in [5.74, 6) is 0.982. The number of nitrogens with zero attached hydrogens (tertiary/aromatic N) is 1. The second kappa shape index (κ2) is 6.15. The molecule has 0 spiro atoms. The third-order valence-electron chi connectivity index (χ3n) is 4.94. The zero-order chi connectivity index (χ0) is 13.9. The van der Waals surface area contributed by atoms with Gasteiger partial charge in [0.25, 0.3) is 0 Å². The highest BCUT2D eigenvalue weighted by Gasteiger charge is 2.24. The Hall–Kier alpha value is -1.06. The number of aryl methyl sites for hydroxylation is 1. The van der Waals surface area contributed by atoms with Crippen molar-refractivity contribution in [2.24, 2.45) is 0 Å². The quantitative estimate of drug-likeness (QED) is 0.913. The zero-order valence-corrected chi connectivity index (χ0v) is 12.7. The molecule has 3 heteroatoms. The number of rotatable bonds is 4. The van der Waals surface area contributed by atoms with Crippen LogP contribution in [0.2, 0.25) is 0 Å². The highest BCUT2D eigenvalue weighted by Crippen LogP contribution is 2.32. The summed E-state index contributed by atoms with van der Waals surface area (Å²) in [5, 5.41) is 3.80. The third-order valence-corrected chi connectivity index (χ3v) is 4.94. The fraction of sp³-hybridized carbons (Fsp3) is 0.647. The first-order valence-electron chi connectivity index (χ1n) is 7.88. The molecule has 1 heterocycles. The Kier molecular flexibility index (Phi) is 4.27. The SMILES string of the molecule is COc1ccc2c(c1)C(NCC1CCCN1C)CCC2. The highest BCUT2D eigenvalue weighted by molar-refractivity contribution is 5.39. The van der Waals surface area contributed by atoms with Crippen LogP contribution in [-0.2, 0) is 6.42 Å². The lowest BCUT2D eigenvalue weighted by atomic mass is 9.87. The number of nitrogens with one attached hydrogen (secondary N) is 1. The fourth-order valence-electron chi connectivity index (χ4n) is 3.63. The van der Waals surface area contributed by atoms with E-state index in [1.54, 1.807) is 7.11 Å². The standard InChI is InChI=1S/C17H26N2O/c1-19-10-4-6-14(19)12-18-17-7-3-5-13-8-9-15(20-2)11-16(13)17/h8-9,11,14,17-18H,3-7,10,12H2,1-2H3. The largest absolute Gasteiger partial charge is 0.497 e. The van der Waals surface area contributed by atoms with Crippen molar-refractivity contribution in [1.29, 1.82) is 0 Å². The third kappa shape index (κ3) is 2.84. The number of hydrogen-bond donors (Lipinski definition) is 1. The molecule has 3 rings (SSSR count). The van der Waals surface area contributed by atoms with Gasteiger partial charge < -0.3 is 15.0 Å². The van der Waals surface area contributed by atoms with Gasteiger partial charge in [0.15, 0.2) is 0 Å². The van der Waals surface area contributed by atoms with Crippen LogP contribution < -0.4 is 10.1 Å². The number of ether oxygens (including phenoxy) is 1. The second-order valence-corrected chi connectivity index (χ2v) is 6.19. The minimum absolute atomic E-state index is 0.503. The van der Waals surface area contributed by atoms with Crippen molar-refractivity contribution in [2.75, 3.05) is 27.2 Å². The van der Waals surface area contributed by atoms with Crippen molar-refractivity contribution < 1.29 is 4.74 Å². The maximum atomic E-state index is 5.39. The Morgan fingerprint density at radius 1 is 1.30 bits per heavy atom. The molecule has 2 unspecified atom stereocenters. The van der Waals surface area contributed by atoms with Crippen LogP contribution in [0.15, 0.2) is 18.2 Å². The number of hydrogen-bond acceptors (Lipinski definition) is 3. The van der Waals surface area contributed by atoms with Crippen LogP contribution in [0.1, 0.15) is 42.9 Å². The highest BCUT2D eigenvalue weighted by atomic mass is 16.5. The Morgan fingerprint density at radius 3 is 2.95 bits per heavy atom. The first-order valence-corrected chi connectivity index (χ1v) is 7.88. The molecular weight excluding hydrogens is 248 g/mol. The Bertz CT molecular complexity index is 460. The number of benzene rings is 1. The predicted octanol–water partition coefficient (Wildman–Crippen LogP) is 2.76. The van der Waals surface area contributed by atoms with E-state index in [1.165, 1.54) is 49.8 Å². The van der Waals surface area contributed by atoms with Crippen molar-refractivity contribution in [2.45, 2.75) is 44.2 Å². The molecule has 1 N–H and O–H groups in total. The number of methoxy groups -OCH3 is 1. The fourth-order valence-corrected chi connectivity index (χ4v) is 3.63. The first-order chi connectivity index (χ1) is 9.78. The van der Waals surface area contributed by atoms with Gasteiger partial charge in [-0.1, -0.05) is 6.07 Å². The van der Waals surface area contributed by atoms with Crippen molar-refractivity contribution in [1.82, 2.24) is 10.2 Å². The summed E-state index contributed by atoms with van der Waals surface area (Å²) in [5.41, 5.74) is 2.95. The average molecular weight is 274 g/mol. The number of likely N-dealkylation sites (tertiary alicyclic amines) is 1. The Labute approximate surface area is 122 Å². The lowest BCUT2D eigenvalue weighted by Crippen LogP contribution is -2.38. The molecule has 0 aromatic heterocycles. The molecule has 0 radical (unpaired) electrons. The zero-order valence-electron chi connectivity index (χ0n) is 12.7. The summed E-state index contributed by atoms with van der Waals surface area (Å²) in [7, 11) is 4.00. The average Bonchev–Trinajstić information content (AvgIpc) is 2.89. The van der Waals surface area contributed by atoms with Gasteiger partial charge in [-0.05, 0) is 69.0 Å². The normalized spacial score (nSPS) is 26.5. The van der Waals surface area contributed by atoms with E-state index >= 15 is 0 Å². The minimum Gasteiger partial charge on any atom is -0.497 e. The number of likely N-dealkylation sites (N-methyl/N-ethyl adjacent to an activating group) is 1. The molecule has 0 bridgehead atoms. The molecule has 20 heavy (non-hydrogen) atoms. The van der Waals surface area contributed by atoms with E-state index < -0.39 is 0 Å². The molecule has 0 amide bonds. The lowest BCUT2D eigenvalue weighted by molar-refractivity contribution is 0.286. The van der Waals surface area contributed by atoms with E-state index in [-0.39, 0.29) is 0 Å². The van der Waals surface area contributed by atoms with Crippen molar-refractivity contribution in [3.05, 3.63) is 29.3 Å². The summed E-state index contributed by atoms with van der Waals surface area (Å²) < 4.78 is 5.39. The van der Waals surface area contributed by atoms with Gasteiger partial charge in [-0.25, -0.2) is 0 Å². The minimum atomic E-state index is 0.503. The van der Waals surface area contributed by atoms with Crippen LogP contribution >= 0.6 is 0 Å². The van der Waals surface area contributed by atoms with E-state index in [0.29, 0.717) is 12.1 Å². The molecule has 2 atom stereocenters. The van der Waals surface area contributed by atoms with E-state index in [0.717, 1.165) is 12.3 Å². The Balaban J connectivity index is 1.69. The number of fused-ring (bicyclic) bond motifs is 1. The van der Waals surface area contributed by atoms with Crippen LogP contribution in [0.25, 0.3) is 0 Å². The van der Waals surface area contributed by atoms with Crippen LogP contribution in [-0.4, -0.2) is 38.2 Å². The monoisotopic (exact) mass is 274 g/mol. The van der Waals surface area contributed by atoms with Crippen molar-refractivity contribution >= 4 is 0 Å². The van der Waals surface area contributed by atoms with Gasteiger partial charge in [-0.15, -0.1) is 0 Å². The van der Waals surface area contributed by atoms with Crippen molar-refractivity contribution in [3.8, 4) is 5.75 Å². The molecule has 1 aromatic rings. The molecule has 1 aliphatic heterocycles. The summed E-state index contributed by atoms with van der Waals surface area (Å²) in [6, 6.07) is 7.77. The van der Waals surface area contributed by atoms with E-state index in [4.69, 9.17) is 4.74 Å². The topological polar surface area (TPSA) is 24.5 Å². The van der Waals surface area contributed by atoms with Crippen LogP contribution in [0.4, 0.5) is 0 Å². The van der Waals surface area contributed by atoms with Crippen LogP contribution in [0.3, 0.4) is 0 Å². The van der Waals surface area contributed by atoms with Gasteiger partial charge in [0.2, 0.25) is 0 Å². The van der Waals surface area contributed by atoms with Crippen molar-refractivity contribution in [3.63, 3.8) is 0 Å². The van der Waals surface area contributed by atoms with Gasteiger partial charge >= 0.3 is 0 Å². The summed E-state index contributed by atoms with van der Waals surface area (Å²) in [4.78, 5) is 2.49. The van der Waals surface area contributed by atoms with Crippen LogP contribution in [0, 0.1) is 0 Å². The van der Waals surface area contributed by atoms with Crippen LogP contribution in [0.5, 0.6) is 5.75 Å². The maximum Gasteiger partial charge on any atom is 0.119 e.